The van der Waals surface area contributed by atoms with E-state index in [0.717, 1.165) is 22.0 Å². The Morgan fingerprint density at radius 1 is 0.609 bits per heavy atom. The maximum absolute atomic E-state index is 15.1. The first-order chi connectivity index (χ1) is 31.3. The zero-order valence-corrected chi connectivity index (χ0v) is 34.2. The predicted octanol–water partition coefficient (Wildman–Crippen LogP) is 8.69. The van der Waals surface area contributed by atoms with Crippen LogP contribution in [0.3, 0.4) is 0 Å². The van der Waals surface area contributed by atoms with Crippen LogP contribution in [0.25, 0.3) is 22.0 Å². The molecule has 2 aliphatic rings. The highest BCUT2D eigenvalue weighted by Crippen LogP contribution is 2.33. The van der Waals surface area contributed by atoms with E-state index in [-0.39, 0.29) is 23.6 Å². The molecular formula is C46H42F2N10O6. The van der Waals surface area contributed by atoms with Crippen molar-refractivity contribution < 1.29 is 37.3 Å². The van der Waals surface area contributed by atoms with Crippen LogP contribution in [0.1, 0.15) is 0 Å². The van der Waals surface area contributed by atoms with Crippen molar-refractivity contribution in [2.45, 2.75) is 0 Å². The number of anilines is 5. The van der Waals surface area contributed by atoms with E-state index in [1.807, 2.05) is 54.6 Å². The quantitative estimate of drug-likeness (QED) is 0.101. The summed E-state index contributed by atoms with van der Waals surface area (Å²) in [5.74, 6) is 0.754. The fourth-order valence-electron chi connectivity index (χ4n) is 6.65. The van der Waals surface area contributed by atoms with Crippen LogP contribution in [0.5, 0.6) is 23.0 Å². The number of pyridine rings is 2. The molecule has 0 bridgehead atoms. The number of hydrogen-bond donors (Lipinski definition) is 4. The van der Waals surface area contributed by atoms with Gasteiger partial charge in [0.05, 0.1) is 26.4 Å². The number of ether oxygens (including phenoxy) is 4. The summed E-state index contributed by atoms with van der Waals surface area (Å²) in [6.45, 7) is 4.09. The van der Waals surface area contributed by atoms with E-state index in [2.05, 4.69) is 36.1 Å². The third-order valence-electron chi connectivity index (χ3n) is 9.87. The Bertz CT molecular complexity index is 2740. The summed E-state index contributed by atoms with van der Waals surface area (Å²) in [5.41, 5.74) is 8.04. The van der Waals surface area contributed by atoms with Gasteiger partial charge in [-0.2, -0.15) is 0 Å². The lowest BCUT2D eigenvalue weighted by atomic mass is 10.0. The molecule has 7 aromatic rings. The number of urea groups is 2. The van der Waals surface area contributed by atoms with Crippen molar-refractivity contribution in [3.63, 3.8) is 0 Å². The number of nitrogens with two attached hydrogens (primary N) is 1. The number of rotatable bonds is 9. The summed E-state index contributed by atoms with van der Waals surface area (Å²) in [5, 5.41) is 19.3. The third-order valence-corrected chi connectivity index (χ3v) is 9.87. The molecule has 4 amide bonds. The zero-order valence-electron chi connectivity index (χ0n) is 34.2. The summed E-state index contributed by atoms with van der Waals surface area (Å²) in [7, 11) is 0. The SMILES string of the molecule is Nc1ccc(Oc2ccnc(NC(=O)N3CCOCC3)c2)c(F)c1.O=C(Nc1cc(Oc2ccc(Nc3nnc(-c4ccccc4)c4ccccc34)cc2F)ccn1)N1CCOCC1. The van der Waals surface area contributed by atoms with Gasteiger partial charge in [-0.3, -0.25) is 10.6 Å². The molecule has 18 heteroatoms. The molecule has 326 valence electrons. The van der Waals surface area contributed by atoms with Gasteiger partial charge < -0.3 is 39.8 Å². The normalized spacial score (nSPS) is 13.6. The number of nitrogen functional groups attached to an aromatic ring is 1. The van der Waals surface area contributed by atoms with Crippen LogP contribution in [-0.2, 0) is 9.47 Å². The highest BCUT2D eigenvalue weighted by molar-refractivity contribution is 6.00. The van der Waals surface area contributed by atoms with Crippen molar-refractivity contribution in [1.29, 1.82) is 0 Å². The van der Waals surface area contributed by atoms with Crippen LogP contribution in [0.2, 0.25) is 0 Å². The lowest BCUT2D eigenvalue weighted by Gasteiger charge is -2.26. The van der Waals surface area contributed by atoms with E-state index in [4.69, 9.17) is 24.7 Å². The summed E-state index contributed by atoms with van der Waals surface area (Å²) in [4.78, 5) is 36.1. The fourth-order valence-corrected chi connectivity index (χ4v) is 6.65. The van der Waals surface area contributed by atoms with E-state index < -0.39 is 11.6 Å². The smallest absolute Gasteiger partial charge is 0.323 e. The average molecular weight is 869 g/mol. The van der Waals surface area contributed by atoms with Crippen molar-refractivity contribution in [2.24, 2.45) is 0 Å². The monoisotopic (exact) mass is 868 g/mol. The number of carbonyl (C=O) groups excluding carboxylic acids is 2. The van der Waals surface area contributed by atoms with Crippen LogP contribution in [-0.4, -0.2) is 94.6 Å². The van der Waals surface area contributed by atoms with Crippen molar-refractivity contribution in [3.05, 3.63) is 139 Å². The Hall–Kier alpha value is -7.96. The second kappa shape index (κ2) is 20.3. The molecular weight excluding hydrogens is 827 g/mol. The number of halogens is 2. The predicted molar refractivity (Wildman–Crippen MR) is 237 cm³/mol. The van der Waals surface area contributed by atoms with Crippen LogP contribution in [0.15, 0.2) is 128 Å². The molecule has 3 aromatic heterocycles. The number of nitrogens with one attached hydrogen (secondary N) is 3. The van der Waals surface area contributed by atoms with Crippen LogP contribution in [0, 0.1) is 11.6 Å². The number of hydrogen-bond acceptors (Lipinski definition) is 12. The number of fused-ring (bicyclic) bond motifs is 1. The number of carbonyl (C=O) groups is 2. The Balaban J connectivity index is 0.000000199. The highest BCUT2D eigenvalue weighted by Gasteiger charge is 2.19. The third kappa shape index (κ3) is 10.9. The van der Waals surface area contributed by atoms with Crippen molar-refractivity contribution in [1.82, 2.24) is 30.0 Å². The molecule has 5 heterocycles. The van der Waals surface area contributed by atoms with E-state index >= 15 is 4.39 Å². The number of amides is 4. The van der Waals surface area contributed by atoms with Gasteiger partial charge in [-0.25, -0.2) is 28.3 Å². The van der Waals surface area contributed by atoms with Crippen molar-refractivity contribution in [2.75, 3.05) is 74.3 Å². The van der Waals surface area contributed by atoms with Gasteiger partial charge in [-0.05, 0) is 36.4 Å². The number of aromatic nitrogens is 4. The maximum Gasteiger partial charge on any atom is 0.323 e. The highest BCUT2D eigenvalue weighted by atomic mass is 19.1. The molecule has 0 atom stereocenters. The molecule has 2 fully saturated rings. The molecule has 2 aliphatic heterocycles. The van der Waals surface area contributed by atoms with Gasteiger partial charge in [-0.1, -0.05) is 54.6 Å². The second-order valence-corrected chi connectivity index (χ2v) is 14.3. The molecule has 0 spiro atoms. The Labute approximate surface area is 366 Å². The first-order valence-electron chi connectivity index (χ1n) is 20.2. The minimum atomic E-state index is -0.570. The van der Waals surface area contributed by atoms with E-state index in [1.165, 1.54) is 42.7 Å². The minimum Gasteiger partial charge on any atom is -0.454 e. The summed E-state index contributed by atoms with van der Waals surface area (Å²) < 4.78 is 50.6. The maximum atomic E-state index is 15.1. The van der Waals surface area contributed by atoms with Gasteiger partial charge in [0.25, 0.3) is 0 Å². The van der Waals surface area contributed by atoms with Gasteiger partial charge in [0.15, 0.2) is 29.0 Å². The summed E-state index contributed by atoms with van der Waals surface area (Å²) in [6.07, 6.45) is 2.96. The lowest BCUT2D eigenvalue weighted by molar-refractivity contribution is 0.0564. The first kappa shape index (κ1) is 42.7. The lowest BCUT2D eigenvalue weighted by Crippen LogP contribution is -2.43. The summed E-state index contributed by atoms with van der Waals surface area (Å²) in [6, 6.07) is 32.1. The van der Waals surface area contributed by atoms with E-state index in [0.29, 0.717) is 92.9 Å². The molecule has 0 radical (unpaired) electrons. The Morgan fingerprint density at radius 3 is 1.70 bits per heavy atom. The van der Waals surface area contributed by atoms with Crippen LogP contribution >= 0.6 is 0 Å². The Kier molecular flexibility index (Phi) is 13.5. The second-order valence-electron chi connectivity index (χ2n) is 14.3. The number of nitrogens with zero attached hydrogens (tertiary/aromatic N) is 6. The van der Waals surface area contributed by atoms with Gasteiger partial charge in [0.2, 0.25) is 0 Å². The molecule has 0 aliphatic carbocycles. The molecule has 0 saturated carbocycles. The van der Waals surface area contributed by atoms with Gasteiger partial charge >= 0.3 is 12.1 Å². The Morgan fingerprint density at radius 2 is 1.14 bits per heavy atom. The molecule has 64 heavy (non-hydrogen) atoms. The average Bonchev–Trinajstić information content (AvgIpc) is 3.32. The minimum absolute atomic E-state index is 0.0255. The zero-order chi connectivity index (χ0) is 44.3. The van der Waals surface area contributed by atoms with E-state index in [1.54, 1.807) is 40.1 Å². The molecule has 5 N–H and O–H groups in total. The standard InChI is InChI=1S/C30H25FN6O3.C16H17FN4O3/c31-25-18-21(33-29-24-9-5-4-8-23(24)28(35-36-29)20-6-2-1-3-7-20)10-11-26(25)40-22-12-13-32-27(19-22)34-30(38)37-14-16-39-17-15-37;17-13-9-11(18)1-2-14(13)24-12-3-4-19-15(10-12)20-16(22)21-5-7-23-8-6-21/h1-13,18-19H,14-17H2,(H,33,36)(H,32,34,38);1-4,9-10H,5-8,18H2,(H,19,20,22). The van der Waals surface area contributed by atoms with Gasteiger partial charge in [0, 0.05) is 90.5 Å². The molecule has 16 nitrogen and oxygen atoms in total. The largest absolute Gasteiger partial charge is 0.454 e. The fraction of sp³-hybridized carbons (Fsp3) is 0.174. The number of morpholine rings is 2. The van der Waals surface area contributed by atoms with E-state index in [9.17, 15) is 14.0 Å². The van der Waals surface area contributed by atoms with Gasteiger partial charge in [-0.15, -0.1) is 10.2 Å². The van der Waals surface area contributed by atoms with Crippen LogP contribution < -0.4 is 31.2 Å². The molecule has 2 saturated heterocycles. The van der Waals surface area contributed by atoms with Crippen LogP contribution in [0.4, 0.5) is 47.2 Å². The molecule has 9 rings (SSSR count). The van der Waals surface area contributed by atoms with Crippen molar-refractivity contribution in [3.8, 4) is 34.3 Å². The number of benzene rings is 4. The van der Waals surface area contributed by atoms with Gasteiger partial charge in [0.1, 0.15) is 28.8 Å². The summed E-state index contributed by atoms with van der Waals surface area (Å²) >= 11 is 0. The topological polar surface area (TPSA) is 191 Å². The first-order valence-corrected chi connectivity index (χ1v) is 20.2. The molecule has 0 unspecified atom stereocenters. The molecule has 4 aromatic carbocycles. The van der Waals surface area contributed by atoms with Crippen molar-refractivity contribution >= 4 is 51.7 Å².